The van der Waals surface area contributed by atoms with Crippen LogP contribution in [0.1, 0.15) is 19.3 Å². The average Bonchev–Trinajstić information content (AvgIpc) is 2.39. The van der Waals surface area contributed by atoms with Crippen molar-refractivity contribution >= 4 is 21.4 Å². The standard InChI is InChI=1S/C13H21N3O2S/c1-15(2)12-7-6-11(14)10-13(12)19(17,18)16-8-4-3-5-9-16/h6-7,10H,3-5,8-9,14H2,1-2H3. The highest BCUT2D eigenvalue weighted by Crippen LogP contribution is 2.30. The summed E-state index contributed by atoms with van der Waals surface area (Å²) >= 11 is 0. The number of hydrogen-bond acceptors (Lipinski definition) is 4. The van der Waals surface area contributed by atoms with Gasteiger partial charge in [-0.15, -0.1) is 0 Å². The Labute approximate surface area is 115 Å². The van der Waals surface area contributed by atoms with Crippen LogP contribution in [0.4, 0.5) is 11.4 Å². The molecule has 0 radical (unpaired) electrons. The molecule has 5 nitrogen and oxygen atoms in total. The van der Waals surface area contributed by atoms with Gasteiger partial charge in [0.15, 0.2) is 0 Å². The summed E-state index contributed by atoms with van der Waals surface area (Å²) in [6.07, 6.45) is 2.96. The summed E-state index contributed by atoms with van der Waals surface area (Å²) in [7, 11) is 0.220. The quantitative estimate of drug-likeness (QED) is 0.854. The third kappa shape index (κ3) is 2.84. The van der Waals surface area contributed by atoms with E-state index in [2.05, 4.69) is 0 Å². The molecule has 19 heavy (non-hydrogen) atoms. The van der Waals surface area contributed by atoms with Gasteiger partial charge in [0, 0.05) is 32.9 Å². The van der Waals surface area contributed by atoms with Crippen LogP contribution in [0.25, 0.3) is 0 Å². The minimum atomic E-state index is -3.45. The molecule has 1 aliphatic rings. The molecule has 0 unspecified atom stereocenters. The number of sulfonamides is 1. The van der Waals surface area contributed by atoms with Gasteiger partial charge in [-0.25, -0.2) is 8.42 Å². The third-order valence-electron chi connectivity index (χ3n) is 3.40. The molecule has 0 atom stereocenters. The lowest BCUT2D eigenvalue weighted by Crippen LogP contribution is -2.36. The Morgan fingerprint density at radius 1 is 1.16 bits per heavy atom. The van der Waals surface area contributed by atoms with Crippen LogP contribution in [-0.2, 0) is 10.0 Å². The molecule has 0 spiro atoms. The second-order valence-corrected chi connectivity index (χ2v) is 6.99. The molecular formula is C13H21N3O2S. The molecule has 106 valence electrons. The van der Waals surface area contributed by atoms with Crippen molar-refractivity contribution in [2.75, 3.05) is 37.8 Å². The molecule has 1 aromatic rings. The number of anilines is 2. The van der Waals surface area contributed by atoms with Crippen molar-refractivity contribution < 1.29 is 8.42 Å². The second kappa shape index (κ2) is 5.38. The summed E-state index contributed by atoms with van der Waals surface area (Å²) < 4.78 is 27.0. The molecule has 1 aromatic carbocycles. The van der Waals surface area contributed by atoms with E-state index in [1.807, 2.05) is 14.1 Å². The number of nitrogens with zero attached hydrogens (tertiary/aromatic N) is 2. The molecule has 0 aliphatic carbocycles. The van der Waals surface area contributed by atoms with E-state index < -0.39 is 10.0 Å². The Bertz CT molecular complexity index is 549. The van der Waals surface area contributed by atoms with Crippen molar-refractivity contribution in [3.63, 3.8) is 0 Å². The highest BCUT2D eigenvalue weighted by molar-refractivity contribution is 7.89. The minimum absolute atomic E-state index is 0.305. The van der Waals surface area contributed by atoms with Crippen LogP contribution >= 0.6 is 0 Å². The lowest BCUT2D eigenvalue weighted by Gasteiger charge is -2.28. The average molecular weight is 283 g/mol. The van der Waals surface area contributed by atoms with Gasteiger partial charge >= 0.3 is 0 Å². The van der Waals surface area contributed by atoms with Gasteiger partial charge in [-0.1, -0.05) is 6.42 Å². The number of nitrogen functional groups attached to an aromatic ring is 1. The minimum Gasteiger partial charge on any atom is -0.399 e. The molecule has 2 N–H and O–H groups in total. The van der Waals surface area contributed by atoms with Crippen molar-refractivity contribution in [3.05, 3.63) is 18.2 Å². The maximum Gasteiger partial charge on any atom is 0.245 e. The van der Waals surface area contributed by atoms with Gasteiger partial charge in [0.1, 0.15) is 4.90 Å². The van der Waals surface area contributed by atoms with E-state index >= 15 is 0 Å². The second-order valence-electron chi connectivity index (χ2n) is 5.09. The zero-order valence-electron chi connectivity index (χ0n) is 11.5. The van der Waals surface area contributed by atoms with Gasteiger partial charge in [0.05, 0.1) is 5.69 Å². The molecule has 0 aromatic heterocycles. The van der Waals surface area contributed by atoms with Gasteiger partial charge in [-0.2, -0.15) is 4.31 Å². The molecular weight excluding hydrogens is 262 g/mol. The first-order valence-corrected chi connectivity index (χ1v) is 7.94. The van der Waals surface area contributed by atoms with Crippen molar-refractivity contribution in [1.82, 2.24) is 4.31 Å². The van der Waals surface area contributed by atoms with Crippen molar-refractivity contribution in [2.45, 2.75) is 24.2 Å². The van der Waals surface area contributed by atoms with Crippen molar-refractivity contribution in [2.24, 2.45) is 0 Å². The monoisotopic (exact) mass is 283 g/mol. The maximum atomic E-state index is 12.7. The summed E-state index contributed by atoms with van der Waals surface area (Å²) in [5.74, 6) is 0. The third-order valence-corrected chi connectivity index (χ3v) is 5.33. The highest BCUT2D eigenvalue weighted by Gasteiger charge is 2.28. The zero-order valence-corrected chi connectivity index (χ0v) is 12.3. The lowest BCUT2D eigenvalue weighted by atomic mass is 10.2. The van der Waals surface area contributed by atoms with Gasteiger partial charge < -0.3 is 10.6 Å². The zero-order chi connectivity index (χ0) is 14.0. The summed E-state index contributed by atoms with van der Waals surface area (Å²) in [6, 6.07) is 5.04. The van der Waals surface area contributed by atoms with E-state index in [1.165, 1.54) is 0 Å². The van der Waals surface area contributed by atoms with E-state index in [9.17, 15) is 8.42 Å². The molecule has 2 rings (SSSR count). The van der Waals surface area contributed by atoms with Crippen LogP contribution in [0.5, 0.6) is 0 Å². The van der Waals surface area contributed by atoms with Gasteiger partial charge in [-0.3, -0.25) is 0 Å². The number of hydrogen-bond donors (Lipinski definition) is 1. The lowest BCUT2D eigenvalue weighted by molar-refractivity contribution is 0.347. The Morgan fingerprint density at radius 2 is 1.79 bits per heavy atom. The van der Waals surface area contributed by atoms with Gasteiger partial charge in [0.2, 0.25) is 10.0 Å². The predicted octanol–water partition coefficient (Wildman–Crippen LogP) is 1.51. The fourth-order valence-corrected chi connectivity index (χ4v) is 4.17. The largest absolute Gasteiger partial charge is 0.399 e. The molecule has 0 saturated carbocycles. The number of benzene rings is 1. The van der Waals surface area contributed by atoms with Crippen LogP contribution < -0.4 is 10.6 Å². The number of nitrogens with two attached hydrogens (primary N) is 1. The Morgan fingerprint density at radius 3 is 2.37 bits per heavy atom. The fourth-order valence-electron chi connectivity index (χ4n) is 2.35. The first kappa shape index (κ1) is 14.1. The first-order valence-electron chi connectivity index (χ1n) is 6.50. The van der Waals surface area contributed by atoms with Crippen LogP contribution in [-0.4, -0.2) is 39.9 Å². The molecule has 1 heterocycles. The Hall–Kier alpha value is -1.27. The van der Waals surface area contributed by atoms with Crippen LogP contribution in [0.3, 0.4) is 0 Å². The van der Waals surface area contributed by atoms with Crippen LogP contribution in [0.2, 0.25) is 0 Å². The molecule has 1 fully saturated rings. The predicted molar refractivity (Wildman–Crippen MR) is 77.8 cm³/mol. The van der Waals surface area contributed by atoms with Gasteiger partial charge in [0.25, 0.3) is 0 Å². The molecule has 1 saturated heterocycles. The number of piperidine rings is 1. The maximum absolute atomic E-state index is 12.7. The van der Waals surface area contributed by atoms with E-state index in [4.69, 9.17) is 5.73 Å². The molecule has 0 amide bonds. The highest BCUT2D eigenvalue weighted by atomic mass is 32.2. The van der Waals surface area contributed by atoms with Crippen LogP contribution in [0, 0.1) is 0 Å². The molecule has 0 bridgehead atoms. The van der Waals surface area contributed by atoms with E-state index in [1.54, 1.807) is 27.4 Å². The summed E-state index contributed by atoms with van der Waals surface area (Å²) in [4.78, 5) is 2.11. The summed E-state index contributed by atoms with van der Waals surface area (Å²) in [5.41, 5.74) is 6.91. The molecule has 1 aliphatic heterocycles. The molecule has 6 heteroatoms. The summed E-state index contributed by atoms with van der Waals surface area (Å²) in [5, 5.41) is 0. The smallest absolute Gasteiger partial charge is 0.245 e. The van der Waals surface area contributed by atoms with Crippen molar-refractivity contribution in [1.29, 1.82) is 0 Å². The van der Waals surface area contributed by atoms with E-state index in [0.29, 0.717) is 29.4 Å². The Kier molecular flexibility index (Phi) is 4.01. The summed E-state index contributed by atoms with van der Waals surface area (Å²) in [6.45, 7) is 1.20. The van der Waals surface area contributed by atoms with Crippen molar-refractivity contribution in [3.8, 4) is 0 Å². The van der Waals surface area contributed by atoms with Crippen LogP contribution in [0.15, 0.2) is 23.1 Å². The fraction of sp³-hybridized carbons (Fsp3) is 0.538. The Balaban J connectivity index is 2.46. The number of rotatable bonds is 3. The van der Waals surface area contributed by atoms with E-state index in [-0.39, 0.29) is 0 Å². The topological polar surface area (TPSA) is 66.6 Å². The SMILES string of the molecule is CN(C)c1ccc(N)cc1S(=O)(=O)N1CCCCC1. The van der Waals surface area contributed by atoms with Gasteiger partial charge in [-0.05, 0) is 31.0 Å². The van der Waals surface area contributed by atoms with E-state index in [0.717, 1.165) is 19.3 Å². The first-order chi connectivity index (χ1) is 8.93. The normalized spacial score (nSPS) is 17.4.